The zero-order valence-electron chi connectivity index (χ0n) is 17.9. The maximum Gasteiger partial charge on any atom is 0.123 e. The highest BCUT2D eigenvalue weighted by atomic mass is 32.3. The molecule has 0 aliphatic carbocycles. The molecule has 5 heteroatoms. The molecule has 1 nitrogen and oxygen atoms in total. The Kier molecular flexibility index (Phi) is 6.24. The zero-order chi connectivity index (χ0) is 22.1. The van der Waals surface area contributed by atoms with Gasteiger partial charge in [-0.25, -0.2) is 0 Å². The lowest BCUT2D eigenvalue weighted by Crippen LogP contribution is -2.07. The van der Waals surface area contributed by atoms with Crippen molar-refractivity contribution in [1.82, 2.24) is 0 Å². The Morgan fingerprint density at radius 1 is 0.333 bits per heavy atom. The van der Waals surface area contributed by atoms with Gasteiger partial charge in [-0.05, 0) is 22.3 Å². The molecule has 0 amide bonds. The lowest BCUT2D eigenvalue weighted by Gasteiger charge is -2.17. The number of hydrogen-bond donors (Lipinski definition) is 0. The summed E-state index contributed by atoms with van der Waals surface area (Å²) < 4.78 is 0.887. The highest BCUT2D eigenvalue weighted by Gasteiger charge is 2.62. The first-order valence-electron chi connectivity index (χ1n) is 11.1. The molecule has 4 atom stereocenters. The monoisotopic (exact) mass is 502 g/mol. The first-order valence-corrected chi connectivity index (χ1v) is 14.5. The Bertz CT molecular complexity index is 992. The molecule has 33 heavy (non-hydrogen) atoms. The van der Waals surface area contributed by atoms with Gasteiger partial charge in [0.25, 0.3) is 0 Å². The van der Waals surface area contributed by atoms with E-state index in [0.717, 1.165) is 2.10 Å². The van der Waals surface area contributed by atoms with Gasteiger partial charge in [0, 0.05) is 0 Å². The van der Waals surface area contributed by atoms with E-state index in [4.69, 9.17) is 0 Å². The van der Waals surface area contributed by atoms with Crippen LogP contribution in [0.2, 0.25) is 0 Å². The molecule has 2 fully saturated rings. The van der Waals surface area contributed by atoms with E-state index in [2.05, 4.69) is 169 Å². The fourth-order valence-corrected chi connectivity index (χ4v) is 12.9. The van der Waals surface area contributed by atoms with Gasteiger partial charge in [0.1, 0.15) is 68.8 Å². The minimum absolute atomic E-state index is 0.407. The van der Waals surface area contributed by atoms with Crippen molar-refractivity contribution in [3.63, 3.8) is 0 Å². The summed E-state index contributed by atoms with van der Waals surface area (Å²) >= 11 is 8.40. The first kappa shape index (κ1) is 21.8. The standard InChI is InChI=1S/C28H24NS4/c1-5-13-21(14-6-1)25-26(22-15-7-2-8-16-22)31-29(30-25)32-27(23-17-9-3-10-18-23)28(33-29)24-19-11-4-12-20-24/h1-20,25-28H/q+1. The van der Waals surface area contributed by atoms with E-state index in [1.165, 1.54) is 22.3 Å². The third kappa shape index (κ3) is 4.38. The molecule has 0 aromatic heterocycles. The maximum atomic E-state index is 2.30. The summed E-state index contributed by atoms with van der Waals surface area (Å²) in [6.45, 7) is 0. The molecular formula is C28H24NS4+. The average molecular weight is 503 g/mol. The second-order valence-electron chi connectivity index (χ2n) is 8.19. The summed E-state index contributed by atoms with van der Waals surface area (Å²) in [5.74, 6) is 0. The smallest absolute Gasteiger partial charge is 0.0775 e. The second-order valence-corrected chi connectivity index (χ2v) is 14.6. The fourth-order valence-electron chi connectivity index (χ4n) is 4.44. The van der Waals surface area contributed by atoms with E-state index in [0.29, 0.717) is 21.0 Å². The predicted octanol–water partition coefficient (Wildman–Crippen LogP) is 9.39. The Labute approximate surface area is 213 Å². The van der Waals surface area contributed by atoms with Gasteiger partial charge in [0.05, 0.1) is 0 Å². The maximum absolute atomic E-state index is 2.30. The number of nitrogens with zero attached hydrogens (tertiary/aromatic N) is 1. The Morgan fingerprint density at radius 3 is 0.758 bits per heavy atom. The molecule has 164 valence electrons. The van der Waals surface area contributed by atoms with Gasteiger partial charge < -0.3 is 0 Å². The van der Waals surface area contributed by atoms with Crippen LogP contribution in [0, 0.1) is 0 Å². The van der Waals surface area contributed by atoms with Gasteiger partial charge in [-0.3, -0.25) is 0 Å². The highest BCUT2D eigenvalue weighted by molar-refractivity contribution is 8.31. The van der Waals surface area contributed by atoms with Gasteiger partial charge >= 0.3 is 0 Å². The fraction of sp³-hybridized carbons (Fsp3) is 0.143. The molecule has 2 aliphatic heterocycles. The van der Waals surface area contributed by atoms with Crippen molar-refractivity contribution in [1.29, 1.82) is 0 Å². The third-order valence-corrected chi connectivity index (χ3v) is 13.6. The minimum atomic E-state index is 0.407. The van der Waals surface area contributed by atoms with Crippen LogP contribution in [-0.2, 0) is 0 Å². The molecule has 2 saturated heterocycles. The summed E-state index contributed by atoms with van der Waals surface area (Å²) in [4.78, 5) is 0. The number of rotatable bonds is 4. The normalized spacial score (nSPS) is 28.8. The SMILES string of the molecule is c1ccc(C2S[N+]3(SC2c2ccccc2)SC(c2ccccc2)C(c2ccccc2)S3)cc1. The van der Waals surface area contributed by atoms with Crippen LogP contribution in [0.4, 0.5) is 0 Å². The van der Waals surface area contributed by atoms with Crippen LogP contribution in [0.15, 0.2) is 121 Å². The number of hydrogen-bond acceptors (Lipinski definition) is 4. The second kappa shape index (κ2) is 9.47. The summed E-state index contributed by atoms with van der Waals surface area (Å²) in [6.07, 6.45) is 0. The van der Waals surface area contributed by atoms with Crippen molar-refractivity contribution in [2.45, 2.75) is 21.0 Å². The largest absolute Gasteiger partial charge is 0.123 e. The van der Waals surface area contributed by atoms with Gasteiger partial charge in [0.15, 0.2) is 0 Å². The summed E-state index contributed by atoms with van der Waals surface area (Å²) in [6, 6.07) is 44.3. The van der Waals surface area contributed by atoms with E-state index in [1.54, 1.807) is 0 Å². The van der Waals surface area contributed by atoms with Crippen LogP contribution in [0.5, 0.6) is 0 Å². The molecule has 4 aromatic rings. The number of quaternary nitrogens is 1. The van der Waals surface area contributed by atoms with E-state index < -0.39 is 0 Å². The summed E-state index contributed by atoms with van der Waals surface area (Å²) in [7, 11) is 0. The Morgan fingerprint density at radius 2 is 0.545 bits per heavy atom. The quantitative estimate of drug-likeness (QED) is 0.201. The molecule has 2 heterocycles. The van der Waals surface area contributed by atoms with E-state index in [9.17, 15) is 0 Å². The summed E-state index contributed by atoms with van der Waals surface area (Å²) in [5.41, 5.74) is 5.66. The van der Waals surface area contributed by atoms with Crippen molar-refractivity contribution >= 4 is 47.8 Å². The summed E-state index contributed by atoms with van der Waals surface area (Å²) in [5, 5.41) is 1.63. The Balaban J connectivity index is 1.40. The molecule has 0 N–H and O–H groups in total. The van der Waals surface area contributed by atoms with Crippen molar-refractivity contribution in [3.8, 4) is 0 Å². The third-order valence-electron chi connectivity index (χ3n) is 6.03. The van der Waals surface area contributed by atoms with Crippen LogP contribution in [-0.4, -0.2) is 2.10 Å². The molecule has 1 spiro atoms. The molecule has 0 radical (unpaired) electrons. The van der Waals surface area contributed by atoms with Crippen molar-refractivity contribution in [3.05, 3.63) is 144 Å². The Hall–Kier alpha value is -1.76. The molecule has 0 saturated carbocycles. The zero-order valence-corrected chi connectivity index (χ0v) is 21.2. The van der Waals surface area contributed by atoms with E-state index in [1.807, 2.05) is 0 Å². The van der Waals surface area contributed by atoms with Gasteiger partial charge in [0.2, 0.25) is 0 Å². The van der Waals surface area contributed by atoms with Crippen molar-refractivity contribution in [2.75, 3.05) is 0 Å². The first-order chi connectivity index (χ1) is 16.3. The number of benzene rings is 4. The van der Waals surface area contributed by atoms with Crippen LogP contribution < -0.4 is 0 Å². The van der Waals surface area contributed by atoms with Crippen LogP contribution in [0.25, 0.3) is 0 Å². The lowest BCUT2D eigenvalue weighted by atomic mass is 10.0. The molecule has 2 aliphatic rings. The molecule has 4 aromatic carbocycles. The van der Waals surface area contributed by atoms with Crippen molar-refractivity contribution < 1.29 is 2.10 Å². The highest BCUT2D eigenvalue weighted by Crippen LogP contribution is 2.79. The van der Waals surface area contributed by atoms with Gasteiger partial charge in [-0.2, -0.15) is 0 Å². The minimum Gasteiger partial charge on any atom is -0.0775 e. The van der Waals surface area contributed by atoms with E-state index >= 15 is 0 Å². The van der Waals surface area contributed by atoms with Crippen molar-refractivity contribution in [2.24, 2.45) is 0 Å². The lowest BCUT2D eigenvalue weighted by molar-refractivity contribution is -0.267. The van der Waals surface area contributed by atoms with Gasteiger partial charge in [-0.1, -0.05) is 123 Å². The van der Waals surface area contributed by atoms with Gasteiger partial charge in [-0.15, -0.1) is 0 Å². The molecular weight excluding hydrogens is 479 g/mol. The van der Waals surface area contributed by atoms with Crippen LogP contribution in [0.3, 0.4) is 0 Å². The average Bonchev–Trinajstić information content (AvgIpc) is 3.47. The van der Waals surface area contributed by atoms with Crippen LogP contribution >= 0.6 is 47.8 Å². The topological polar surface area (TPSA) is 0 Å². The predicted molar refractivity (Wildman–Crippen MR) is 147 cm³/mol. The molecule has 4 unspecified atom stereocenters. The van der Waals surface area contributed by atoms with Crippen LogP contribution in [0.1, 0.15) is 43.3 Å². The molecule has 0 bridgehead atoms. The molecule has 6 rings (SSSR count). The van der Waals surface area contributed by atoms with E-state index in [-0.39, 0.29) is 0 Å².